The number of amides is 1. The average Bonchev–Trinajstić information content (AvgIpc) is 2.22. The molecule has 18 heavy (non-hydrogen) atoms. The molecular weight excluding hydrogens is 264 g/mol. The molecule has 2 unspecified atom stereocenters. The van der Waals surface area contributed by atoms with Crippen LogP contribution in [0.3, 0.4) is 0 Å². The fourth-order valence-corrected chi connectivity index (χ4v) is 1.23. The molecule has 102 valence electrons. The first-order chi connectivity index (χ1) is 8.16. The molecule has 0 fully saturated rings. The lowest BCUT2D eigenvalue weighted by molar-refractivity contribution is -0.140. The molecule has 0 saturated heterocycles. The molecule has 0 saturated carbocycles. The monoisotopic (exact) mass is 278 g/mol. The summed E-state index contributed by atoms with van der Waals surface area (Å²) in [5.74, 6) is -3.79. The summed E-state index contributed by atoms with van der Waals surface area (Å²) in [6, 6.07) is -2.53. The highest BCUT2D eigenvalue weighted by Crippen LogP contribution is 2.09. The molecule has 0 aromatic rings. The number of carbonyl (C=O) groups is 3. The van der Waals surface area contributed by atoms with Crippen LogP contribution >= 0.6 is 11.6 Å². The zero-order valence-electron chi connectivity index (χ0n) is 9.88. The van der Waals surface area contributed by atoms with E-state index < -0.39 is 35.0 Å². The largest absolute Gasteiger partial charge is 0.479 e. The Kier molecular flexibility index (Phi) is 6.35. The van der Waals surface area contributed by atoms with Crippen LogP contribution in [0.15, 0.2) is 11.1 Å². The molecule has 0 radical (unpaired) electrons. The highest BCUT2D eigenvalue weighted by atomic mass is 35.5. The number of hydrogen-bond donors (Lipinski definition) is 4. The van der Waals surface area contributed by atoms with Crippen molar-refractivity contribution in [3.8, 4) is 0 Å². The minimum Gasteiger partial charge on any atom is -0.479 e. The van der Waals surface area contributed by atoms with E-state index >= 15 is 0 Å². The summed E-state index contributed by atoms with van der Waals surface area (Å²) >= 11 is 5.51. The van der Waals surface area contributed by atoms with Gasteiger partial charge in [-0.1, -0.05) is 25.4 Å². The van der Waals surface area contributed by atoms with Crippen LogP contribution in [0.5, 0.6) is 0 Å². The van der Waals surface area contributed by atoms with Crippen LogP contribution in [0, 0.1) is 5.92 Å². The first-order valence-electron chi connectivity index (χ1n) is 5.05. The van der Waals surface area contributed by atoms with Gasteiger partial charge < -0.3 is 21.3 Å². The minimum absolute atomic E-state index is 0.193. The van der Waals surface area contributed by atoms with Gasteiger partial charge in [0.15, 0.2) is 6.04 Å². The Hall–Kier alpha value is -1.60. The van der Waals surface area contributed by atoms with Crippen molar-refractivity contribution < 1.29 is 24.6 Å². The van der Waals surface area contributed by atoms with Gasteiger partial charge in [-0.25, -0.2) is 9.59 Å². The Morgan fingerprint density at radius 3 is 2.11 bits per heavy atom. The number of carbonyl (C=O) groups excluding carboxylic acids is 1. The molecule has 0 aliphatic carbocycles. The molecule has 8 heteroatoms. The van der Waals surface area contributed by atoms with Crippen molar-refractivity contribution >= 4 is 29.4 Å². The molecule has 0 heterocycles. The fraction of sp³-hybridized carbons (Fsp3) is 0.500. The number of rotatable bonds is 6. The zero-order chi connectivity index (χ0) is 14.5. The highest BCUT2D eigenvalue weighted by molar-refractivity contribution is 6.33. The summed E-state index contributed by atoms with van der Waals surface area (Å²) in [6.45, 7) is 3.38. The first-order valence-corrected chi connectivity index (χ1v) is 5.43. The van der Waals surface area contributed by atoms with Crippen LogP contribution < -0.4 is 11.1 Å². The lowest BCUT2D eigenvalue weighted by Crippen LogP contribution is -2.50. The second kappa shape index (κ2) is 6.97. The smallest absolute Gasteiger partial charge is 0.331 e. The van der Waals surface area contributed by atoms with Crippen LogP contribution in [-0.2, 0) is 14.4 Å². The third kappa shape index (κ3) is 5.15. The number of aliphatic carboxylic acids is 2. The maximum absolute atomic E-state index is 11.6. The van der Waals surface area contributed by atoms with E-state index in [1.807, 2.05) is 0 Å². The predicted octanol–water partition coefficient (Wildman–Crippen LogP) is -0.254. The van der Waals surface area contributed by atoms with Crippen LogP contribution in [-0.4, -0.2) is 40.1 Å². The molecular formula is C10H15ClN2O5. The van der Waals surface area contributed by atoms with Gasteiger partial charge in [-0.3, -0.25) is 4.79 Å². The van der Waals surface area contributed by atoms with Crippen molar-refractivity contribution in [3.05, 3.63) is 11.1 Å². The number of halogens is 1. The molecule has 5 N–H and O–H groups in total. The van der Waals surface area contributed by atoms with Gasteiger partial charge >= 0.3 is 11.9 Å². The van der Waals surface area contributed by atoms with Crippen molar-refractivity contribution in [1.82, 2.24) is 5.32 Å². The van der Waals surface area contributed by atoms with Gasteiger partial charge in [0.05, 0.1) is 11.1 Å². The molecule has 7 nitrogen and oxygen atoms in total. The van der Waals surface area contributed by atoms with Crippen LogP contribution in [0.25, 0.3) is 0 Å². The molecule has 1 amide bonds. The SMILES string of the molecule is CC(C)C(N)C(=O)NC(C(=O)O)C(Cl)=CC(=O)O. The van der Waals surface area contributed by atoms with E-state index in [0.29, 0.717) is 6.08 Å². The topological polar surface area (TPSA) is 130 Å². The van der Waals surface area contributed by atoms with E-state index in [9.17, 15) is 14.4 Å². The Morgan fingerprint density at radius 1 is 1.28 bits per heavy atom. The normalized spacial score (nSPS) is 15.1. The molecule has 0 aromatic heterocycles. The summed E-state index contributed by atoms with van der Waals surface area (Å²) in [7, 11) is 0. The maximum atomic E-state index is 11.6. The Balaban J connectivity index is 4.91. The van der Waals surface area contributed by atoms with Gasteiger partial charge in [0.25, 0.3) is 0 Å². The number of carboxylic acid groups (broad SMARTS) is 2. The van der Waals surface area contributed by atoms with Gasteiger partial charge in [0, 0.05) is 6.08 Å². The average molecular weight is 279 g/mol. The number of carboxylic acids is 2. The van der Waals surface area contributed by atoms with E-state index in [2.05, 4.69) is 5.32 Å². The van der Waals surface area contributed by atoms with E-state index in [4.69, 9.17) is 27.5 Å². The third-order valence-electron chi connectivity index (χ3n) is 2.09. The van der Waals surface area contributed by atoms with Crippen LogP contribution in [0.2, 0.25) is 0 Å². The molecule has 2 atom stereocenters. The van der Waals surface area contributed by atoms with Gasteiger partial charge in [-0.05, 0) is 5.92 Å². The predicted molar refractivity (Wildman–Crippen MR) is 64.0 cm³/mol. The number of hydrogen-bond acceptors (Lipinski definition) is 4. The molecule has 0 aliphatic rings. The lowest BCUT2D eigenvalue weighted by atomic mass is 10.0. The summed E-state index contributed by atoms with van der Waals surface area (Å²) in [5.41, 5.74) is 5.53. The molecule has 0 bridgehead atoms. The number of nitrogens with two attached hydrogens (primary N) is 1. The van der Waals surface area contributed by atoms with E-state index in [0.717, 1.165) is 0 Å². The van der Waals surface area contributed by atoms with Crippen molar-refractivity contribution in [3.63, 3.8) is 0 Å². The Labute approximate surface area is 109 Å². The lowest BCUT2D eigenvalue weighted by Gasteiger charge is -2.19. The second-order valence-corrected chi connectivity index (χ2v) is 4.35. The van der Waals surface area contributed by atoms with Gasteiger partial charge in [-0.2, -0.15) is 0 Å². The quantitative estimate of drug-likeness (QED) is 0.496. The molecule has 0 aliphatic heterocycles. The standard InChI is InChI=1S/C10H15ClN2O5/c1-4(2)7(12)9(16)13-8(10(17)18)5(11)3-6(14)15/h3-4,7-8H,12H2,1-2H3,(H,13,16)(H,14,15)(H,17,18). The molecule has 0 spiro atoms. The van der Waals surface area contributed by atoms with Gasteiger partial charge in [-0.15, -0.1) is 0 Å². The first kappa shape index (κ1) is 16.4. The zero-order valence-corrected chi connectivity index (χ0v) is 10.6. The fourth-order valence-electron chi connectivity index (χ4n) is 0.991. The van der Waals surface area contributed by atoms with Crippen molar-refractivity contribution in [1.29, 1.82) is 0 Å². The van der Waals surface area contributed by atoms with Gasteiger partial charge in [0.1, 0.15) is 0 Å². The highest BCUT2D eigenvalue weighted by Gasteiger charge is 2.27. The molecule has 0 aromatic carbocycles. The minimum atomic E-state index is -1.62. The van der Waals surface area contributed by atoms with E-state index in [1.165, 1.54) is 0 Å². The van der Waals surface area contributed by atoms with Crippen molar-refractivity contribution in [2.45, 2.75) is 25.9 Å². The second-order valence-electron chi connectivity index (χ2n) is 3.92. The van der Waals surface area contributed by atoms with E-state index in [-0.39, 0.29) is 5.92 Å². The third-order valence-corrected chi connectivity index (χ3v) is 2.42. The molecule has 0 rings (SSSR count). The van der Waals surface area contributed by atoms with Crippen LogP contribution in [0.4, 0.5) is 0 Å². The van der Waals surface area contributed by atoms with Crippen molar-refractivity contribution in [2.75, 3.05) is 0 Å². The summed E-state index contributed by atoms with van der Waals surface area (Å²) in [5, 5.41) is 18.9. The van der Waals surface area contributed by atoms with Gasteiger partial charge in [0.2, 0.25) is 5.91 Å². The maximum Gasteiger partial charge on any atom is 0.331 e. The Bertz CT molecular complexity index is 380. The van der Waals surface area contributed by atoms with Crippen molar-refractivity contribution in [2.24, 2.45) is 11.7 Å². The Morgan fingerprint density at radius 2 is 1.78 bits per heavy atom. The van der Waals surface area contributed by atoms with Crippen LogP contribution in [0.1, 0.15) is 13.8 Å². The number of nitrogens with one attached hydrogen (secondary N) is 1. The van der Waals surface area contributed by atoms with E-state index in [1.54, 1.807) is 13.8 Å². The summed E-state index contributed by atoms with van der Waals surface area (Å²) in [6.07, 6.45) is 0.502. The summed E-state index contributed by atoms with van der Waals surface area (Å²) in [4.78, 5) is 32.8. The summed E-state index contributed by atoms with van der Waals surface area (Å²) < 4.78 is 0.